The van der Waals surface area contributed by atoms with Crippen LogP contribution in [-0.4, -0.2) is 14.3 Å². The molecule has 0 heterocycles. The van der Waals surface area contributed by atoms with E-state index in [0.717, 1.165) is 16.3 Å². The quantitative estimate of drug-likeness (QED) is 0.473. The molecule has 5 nitrogen and oxygen atoms in total. The van der Waals surface area contributed by atoms with Crippen molar-refractivity contribution in [2.24, 2.45) is 0 Å². The van der Waals surface area contributed by atoms with E-state index < -0.39 is 10.0 Å². The van der Waals surface area contributed by atoms with E-state index in [1.807, 2.05) is 66.7 Å². The van der Waals surface area contributed by atoms with Gasteiger partial charge in [0.25, 0.3) is 10.0 Å². The van der Waals surface area contributed by atoms with Crippen molar-refractivity contribution in [3.05, 3.63) is 103 Å². The second kappa shape index (κ2) is 8.39. The van der Waals surface area contributed by atoms with Crippen molar-refractivity contribution in [2.75, 3.05) is 10.0 Å². The Kier molecular flexibility index (Phi) is 5.50. The van der Waals surface area contributed by atoms with Crippen molar-refractivity contribution in [2.45, 2.75) is 11.3 Å². The molecule has 150 valence electrons. The van der Waals surface area contributed by atoms with Crippen LogP contribution in [0.3, 0.4) is 0 Å². The number of carbonyl (C=O) groups excluding carboxylic acids is 1. The summed E-state index contributed by atoms with van der Waals surface area (Å²) < 4.78 is 28.3. The zero-order chi connectivity index (χ0) is 21.0. The van der Waals surface area contributed by atoms with E-state index in [9.17, 15) is 13.2 Å². The van der Waals surface area contributed by atoms with Crippen molar-refractivity contribution in [3.8, 4) is 0 Å². The lowest BCUT2D eigenvalue weighted by Crippen LogP contribution is -2.15. The summed E-state index contributed by atoms with van der Waals surface area (Å²) in [6, 6.07) is 28.6. The van der Waals surface area contributed by atoms with Crippen LogP contribution in [0.15, 0.2) is 102 Å². The van der Waals surface area contributed by atoms with Crippen LogP contribution in [-0.2, 0) is 21.2 Å². The van der Waals surface area contributed by atoms with Gasteiger partial charge in [-0.2, -0.15) is 0 Å². The van der Waals surface area contributed by atoms with Gasteiger partial charge in [-0.15, -0.1) is 0 Å². The minimum absolute atomic E-state index is 0.122. The predicted octanol–water partition coefficient (Wildman–Crippen LogP) is 4.82. The molecule has 4 aromatic rings. The lowest BCUT2D eigenvalue weighted by molar-refractivity contribution is -0.115. The third kappa shape index (κ3) is 4.50. The standard InChI is InChI=1S/C24H20N2O3S/c27-24(17-18-7-2-1-3-8-18)25-20-13-15-21(16-14-20)30(28,29)26-23-12-6-10-19-9-4-5-11-22(19)23/h1-16,26H,17H2,(H,25,27). The number of hydrogen-bond donors (Lipinski definition) is 2. The maximum absolute atomic E-state index is 12.8. The molecular formula is C24H20N2O3S. The Hall–Kier alpha value is -3.64. The van der Waals surface area contributed by atoms with Crippen LogP contribution < -0.4 is 10.0 Å². The number of hydrogen-bond acceptors (Lipinski definition) is 3. The first-order valence-corrected chi connectivity index (χ1v) is 10.9. The third-order valence-electron chi connectivity index (χ3n) is 4.69. The van der Waals surface area contributed by atoms with E-state index in [1.165, 1.54) is 12.1 Å². The normalized spacial score (nSPS) is 11.2. The summed E-state index contributed by atoms with van der Waals surface area (Å²) in [4.78, 5) is 12.3. The number of benzene rings is 4. The summed E-state index contributed by atoms with van der Waals surface area (Å²) in [5.41, 5.74) is 1.97. The number of rotatable bonds is 6. The van der Waals surface area contributed by atoms with E-state index in [0.29, 0.717) is 11.4 Å². The predicted molar refractivity (Wildman–Crippen MR) is 120 cm³/mol. The molecule has 1 amide bonds. The minimum atomic E-state index is -3.76. The molecule has 0 saturated heterocycles. The zero-order valence-corrected chi connectivity index (χ0v) is 16.9. The Morgan fingerprint density at radius 2 is 1.40 bits per heavy atom. The molecule has 0 radical (unpaired) electrons. The molecule has 0 spiro atoms. The van der Waals surface area contributed by atoms with Gasteiger partial charge in [0.1, 0.15) is 0 Å². The van der Waals surface area contributed by atoms with Gasteiger partial charge in [0.2, 0.25) is 5.91 Å². The summed E-state index contributed by atoms with van der Waals surface area (Å²) in [5, 5.41) is 4.57. The first-order chi connectivity index (χ1) is 14.5. The summed E-state index contributed by atoms with van der Waals surface area (Å²) in [6.45, 7) is 0. The molecule has 0 aliphatic carbocycles. The van der Waals surface area contributed by atoms with E-state index >= 15 is 0 Å². The van der Waals surface area contributed by atoms with E-state index in [4.69, 9.17) is 0 Å². The Labute approximate surface area is 175 Å². The molecule has 6 heteroatoms. The average Bonchev–Trinajstić information content (AvgIpc) is 2.75. The van der Waals surface area contributed by atoms with Gasteiger partial charge >= 0.3 is 0 Å². The Morgan fingerprint density at radius 3 is 2.17 bits per heavy atom. The van der Waals surface area contributed by atoms with Gasteiger partial charge in [0, 0.05) is 11.1 Å². The van der Waals surface area contributed by atoms with Crippen molar-refractivity contribution in [1.29, 1.82) is 0 Å². The van der Waals surface area contributed by atoms with Crippen LogP contribution in [0.4, 0.5) is 11.4 Å². The highest BCUT2D eigenvalue weighted by molar-refractivity contribution is 7.92. The van der Waals surface area contributed by atoms with Crippen molar-refractivity contribution >= 4 is 38.1 Å². The highest BCUT2D eigenvalue weighted by Gasteiger charge is 2.15. The first kappa shape index (κ1) is 19.7. The number of carbonyl (C=O) groups is 1. The molecule has 0 bridgehead atoms. The van der Waals surface area contributed by atoms with Crippen molar-refractivity contribution in [3.63, 3.8) is 0 Å². The van der Waals surface area contributed by atoms with Crippen LogP contribution in [0.1, 0.15) is 5.56 Å². The molecular weight excluding hydrogens is 396 g/mol. The van der Waals surface area contributed by atoms with E-state index in [2.05, 4.69) is 10.0 Å². The molecule has 0 aliphatic rings. The van der Waals surface area contributed by atoms with Gasteiger partial charge in [0.15, 0.2) is 0 Å². The molecule has 4 aromatic carbocycles. The van der Waals surface area contributed by atoms with Gasteiger partial charge in [-0.3, -0.25) is 9.52 Å². The Balaban J connectivity index is 1.48. The number of anilines is 2. The highest BCUT2D eigenvalue weighted by atomic mass is 32.2. The van der Waals surface area contributed by atoms with Gasteiger partial charge in [-0.25, -0.2) is 8.42 Å². The van der Waals surface area contributed by atoms with Gasteiger partial charge in [-0.05, 0) is 41.3 Å². The number of nitrogens with one attached hydrogen (secondary N) is 2. The summed E-state index contributed by atoms with van der Waals surface area (Å²) in [6.07, 6.45) is 0.253. The maximum atomic E-state index is 12.8. The fourth-order valence-corrected chi connectivity index (χ4v) is 4.30. The Bertz CT molecular complexity index is 1280. The summed E-state index contributed by atoms with van der Waals surface area (Å²) in [7, 11) is -3.76. The summed E-state index contributed by atoms with van der Waals surface area (Å²) in [5.74, 6) is -0.161. The Morgan fingerprint density at radius 1 is 0.733 bits per heavy atom. The van der Waals surface area contributed by atoms with Crippen LogP contribution in [0.5, 0.6) is 0 Å². The molecule has 0 atom stereocenters. The minimum Gasteiger partial charge on any atom is -0.326 e. The smallest absolute Gasteiger partial charge is 0.261 e. The van der Waals surface area contributed by atoms with Crippen LogP contribution in [0.2, 0.25) is 0 Å². The molecule has 4 rings (SSSR count). The van der Waals surface area contributed by atoms with Gasteiger partial charge in [0.05, 0.1) is 17.0 Å². The van der Waals surface area contributed by atoms with E-state index in [-0.39, 0.29) is 17.2 Å². The lowest BCUT2D eigenvalue weighted by Gasteiger charge is -2.11. The van der Waals surface area contributed by atoms with Gasteiger partial charge < -0.3 is 5.32 Å². The summed E-state index contributed by atoms with van der Waals surface area (Å²) >= 11 is 0. The first-order valence-electron chi connectivity index (χ1n) is 9.46. The molecule has 0 unspecified atom stereocenters. The molecule has 30 heavy (non-hydrogen) atoms. The molecule has 0 aliphatic heterocycles. The fraction of sp³-hybridized carbons (Fsp3) is 0.0417. The van der Waals surface area contributed by atoms with E-state index in [1.54, 1.807) is 18.2 Å². The average molecular weight is 417 g/mol. The fourth-order valence-electron chi connectivity index (χ4n) is 3.22. The van der Waals surface area contributed by atoms with Crippen LogP contribution in [0, 0.1) is 0 Å². The SMILES string of the molecule is O=C(Cc1ccccc1)Nc1ccc(S(=O)(=O)Nc2cccc3ccccc23)cc1. The maximum Gasteiger partial charge on any atom is 0.261 e. The second-order valence-electron chi connectivity index (χ2n) is 6.87. The van der Waals surface area contributed by atoms with Crippen molar-refractivity contribution in [1.82, 2.24) is 0 Å². The zero-order valence-electron chi connectivity index (χ0n) is 16.1. The second-order valence-corrected chi connectivity index (χ2v) is 8.55. The van der Waals surface area contributed by atoms with Crippen LogP contribution in [0.25, 0.3) is 10.8 Å². The number of sulfonamides is 1. The topological polar surface area (TPSA) is 75.3 Å². The van der Waals surface area contributed by atoms with Gasteiger partial charge in [-0.1, -0.05) is 66.7 Å². The van der Waals surface area contributed by atoms with Crippen molar-refractivity contribution < 1.29 is 13.2 Å². The monoisotopic (exact) mass is 416 g/mol. The lowest BCUT2D eigenvalue weighted by atomic mass is 10.1. The molecule has 2 N–H and O–H groups in total. The van der Waals surface area contributed by atoms with Crippen LogP contribution >= 0.6 is 0 Å². The number of amides is 1. The molecule has 0 saturated carbocycles. The number of fused-ring (bicyclic) bond motifs is 1. The largest absolute Gasteiger partial charge is 0.326 e. The molecule has 0 fully saturated rings. The highest BCUT2D eigenvalue weighted by Crippen LogP contribution is 2.26. The third-order valence-corrected chi connectivity index (χ3v) is 6.07. The molecule has 0 aromatic heterocycles.